The first-order valence-electron chi connectivity index (χ1n) is 6.88. The van der Waals surface area contributed by atoms with Crippen molar-refractivity contribution in [3.05, 3.63) is 23.8 Å². The maximum atomic E-state index is 10.7. The standard InChI is InChI=1S/C15H23NO5/c1-4-16-11(6-8-14(17)18)15(19)10-5-7-12(20-2)13(9-10)21-3/h5,7,9,11,15-16,19H,4,6,8H2,1-3H3,(H,17,18). The average molecular weight is 297 g/mol. The van der Waals surface area contributed by atoms with E-state index < -0.39 is 12.1 Å². The van der Waals surface area contributed by atoms with E-state index in [0.29, 0.717) is 30.0 Å². The van der Waals surface area contributed by atoms with Crippen LogP contribution in [0, 0.1) is 0 Å². The summed E-state index contributed by atoms with van der Waals surface area (Å²) in [5.74, 6) is 0.235. The molecule has 0 aliphatic carbocycles. The molecule has 0 bridgehead atoms. The van der Waals surface area contributed by atoms with Gasteiger partial charge in [0.15, 0.2) is 11.5 Å². The molecule has 1 aromatic carbocycles. The van der Waals surface area contributed by atoms with Crippen molar-refractivity contribution in [2.24, 2.45) is 0 Å². The lowest BCUT2D eigenvalue weighted by molar-refractivity contribution is -0.137. The van der Waals surface area contributed by atoms with E-state index in [2.05, 4.69) is 5.32 Å². The van der Waals surface area contributed by atoms with Gasteiger partial charge in [0.2, 0.25) is 0 Å². The van der Waals surface area contributed by atoms with Gasteiger partial charge in [0.05, 0.1) is 20.3 Å². The molecule has 1 rings (SSSR count). The Morgan fingerprint density at radius 1 is 1.29 bits per heavy atom. The lowest BCUT2D eigenvalue weighted by Crippen LogP contribution is -2.35. The second kappa shape index (κ2) is 8.49. The van der Waals surface area contributed by atoms with Gasteiger partial charge < -0.3 is 25.0 Å². The van der Waals surface area contributed by atoms with Crippen molar-refractivity contribution in [1.82, 2.24) is 5.32 Å². The van der Waals surface area contributed by atoms with E-state index in [9.17, 15) is 9.90 Å². The number of ether oxygens (including phenoxy) is 2. The summed E-state index contributed by atoms with van der Waals surface area (Å²) in [6.07, 6.45) is -0.468. The molecule has 0 spiro atoms. The normalized spacial score (nSPS) is 13.5. The molecule has 6 nitrogen and oxygen atoms in total. The zero-order valence-electron chi connectivity index (χ0n) is 12.6. The minimum absolute atomic E-state index is 0.00200. The van der Waals surface area contributed by atoms with Crippen molar-refractivity contribution in [2.75, 3.05) is 20.8 Å². The van der Waals surface area contributed by atoms with Crippen LogP contribution in [0.25, 0.3) is 0 Å². The van der Waals surface area contributed by atoms with Crippen LogP contribution in [-0.4, -0.2) is 43.0 Å². The first-order valence-corrected chi connectivity index (χ1v) is 6.88. The molecule has 0 radical (unpaired) electrons. The molecular formula is C15H23NO5. The lowest BCUT2D eigenvalue weighted by atomic mass is 9.98. The van der Waals surface area contributed by atoms with Crippen LogP contribution in [0.2, 0.25) is 0 Å². The summed E-state index contributed by atoms with van der Waals surface area (Å²) in [4.78, 5) is 10.7. The Kier molecular flexibility index (Phi) is 6.98. The summed E-state index contributed by atoms with van der Waals surface area (Å²) in [5, 5.41) is 22.4. The van der Waals surface area contributed by atoms with Crippen molar-refractivity contribution >= 4 is 5.97 Å². The fourth-order valence-corrected chi connectivity index (χ4v) is 2.18. The summed E-state index contributed by atoms with van der Waals surface area (Å²) in [6.45, 7) is 2.56. The van der Waals surface area contributed by atoms with E-state index in [1.54, 1.807) is 25.3 Å². The van der Waals surface area contributed by atoms with Gasteiger partial charge in [0.25, 0.3) is 0 Å². The van der Waals surface area contributed by atoms with E-state index in [1.807, 2.05) is 6.92 Å². The minimum Gasteiger partial charge on any atom is -0.493 e. The SMILES string of the molecule is CCNC(CCC(=O)O)C(O)c1ccc(OC)c(OC)c1. The molecule has 6 heteroatoms. The van der Waals surface area contributed by atoms with Gasteiger partial charge in [0.1, 0.15) is 0 Å². The fraction of sp³-hybridized carbons (Fsp3) is 0.533. The number of rotatable bonds is 9. The maximum absolute atomic E-state index is 10.7. The van der Waals surface area contributed by atoms with Crippen LogP contribution in [-0.2, 0) is 4.79 Å². The molecule has 0 aromatic heterocycles. The average Bonchev–Trinajstić information content (AvgIpc) is 2.49. The fourth-order valence-electron chi connectivity index (χ4n) is 2.18. The summed E-state index contributed by atoms with van der Waals surface area (Å²) in [6, 6.07) is 4.84. The van der Waals surface area contributed by atoms with Crippen LogP contribution in [0.5, 0.6) is 11.5 Å². The molecule has 0 amide bonds. The van der Waals surface area contributed by atoms with Gasteiger partial charge in [-0.25, -0.2) is 0 Å². The van der Waals surface area contributed by atoms with Crippen molar-refractivity contribution in [2.45, 2.75) is 31.9 Å². The monoisotopic (exact) mass is 297 g/mol. The summed E-state index contributed by atoms with van der Waals surface area (Å²) < 4.78 is 10.4. The molecular weight excluding hydrogens is 274 g/mol. The number of hydrogen-bond acceptors (Lipinski definition) is 5. The Labute approximate surface area is 124 Å². The number of benzene rings is 1. The highest BCUT2D eigenvalue weighted by molar-refractivity contribution is 5.66. The van der Waals surface area contributed by atoms with Gasteiger partial charge >= 0.3 is 5.97 Å². The Balaban J connectivity index is 2.91. The second-order valence-electron chi connectivity index (χ2n) is 4.66. The highest BCUT2D eigenvalue weighted by Crippen LogP contribution is 2.31. The van der Waals surface area contributed by atoms with Crippen LogP contribution in [0.3, 0.4) is 0 Å². The second-order valence-corrected chi connectivity index (χ2v) is 4.66. The lowest BCUT2D eigenvalue weighted by Gasteiger charge is -2.24. The molecule has 0 saturated heterocycles. The number of aliphatic carboxylic acids is 1. The van der Waals surface area contributed by atoms with E-state index in [1.165, 1.54) is 7.11 Å². The van der Waals surface area contributed by atoms with Gasteiger partial charge in [-0.05, 0) is 30.7 Å². The molecule has 0 saturated carbocycles. The maximum Gasteiger partial charge on any atom is 0.303 e. The van der Waals surface area contributed by atoms with Crippen LogP contribution in [0.1, 0.15) is 31.4 Å². The van der Waals surface area contributed by atoms with Gasteiger partial charge in [-0.3, -0.25) is 4.79 Å². The largest absolute Gasteiger partial charge is 0.493 e. The van der Waals surface area contributed by atoms with Gasteiger partial charge in [-0.1, -0.05) is 13.0 Å². The van der Waals surface area contributed by atoms with Crippen molar-refractivity contribution in [3.8, 4) is 11.5 Å². The first kappa shape index (κ1) is 17.3. The van der Waals surface area contributed by atoms with Crippen LogP contribution >= 0.6 is 0 Å². The summed E-state index contributed by atoms with van der Waals surface area (Å²) >= 11 is 0. The molecule has 118 valence electrons. The molecule has 3 N–H and O–H groups in total. The number of carbonyl (C=O) groups is 1. The van der Waals surface area contributed by atoms with E-state index in [0.717, 1.165) is 0 Å². The molecule has 2 atom stereocenters. The highest BCUT2D eigenvalue weighted by atomic mass is 16.5. The first-order chi connectivity index (χ1) is 10.0. The third-order valence-corrected chi connectivity index (χ3v) is 3.27. The van der Waals surface area contributed by atoms with E-state index in [-0.39, 0.29) is 12.5 Å². The van der Waals surface area contributed by atoms with Gasteiger partial charge in [-0.15, -0.1) is 0 Å². The van der Waals surface area contributed by atoms with Gasteiger partial charge in [0, 0.05) is 12.5 Å². The predicted octanol–water partition coefficient (Wildman–Crippen LogP) is 1.58. The number of aliphatic hydroxyl groups is 1. The van der Waals surface area contributed by atoms with Crippen molar-refractivity contribution in [3.63, 3.8) is 0 Å². The van der Waals surface area contributed by atoms with E-state index in [4.69, 9.17) is 14.6 Å². The Morgan fingerprint density at radius 3 is 2.48 bits per heavy atom. The number of methoxy groups -OCH3 is 2. The molecule has 21 heavy (non-hydrogen) atoms. The van der Waals surface area contributed by atoms with Crippen LogP contribution < -0.4 is 14.8 Å². The zero-order chi connectivity index (χ0) is 15.8. The van der Waals surface area contributed by atoms with Crippen molar-refractivity contribution < 1.29 is 24.5 Å². The molecule has 1 aromatic rings. The molecule has 0 aliphatic rings. The Bertz CT molecular complexity index is 463. The molecule has 0 aliphatic heterocycles. The number of hydrogen-bond donors (Lipinski definition) is 3. The van der Waals surface area contributed by atoms with Crippen LogP contribution in [0.15, 0.2) is 18.2 Å². The highest BCUT2D eigenvalue weighted by Gasteiger charge is 2.22. The third kappa shape index (κ3) is 4.91. The minimum atomic E-state index is -0.877. The van der Waals surface area contributed by atoms with E-state index >= 15 is 0 Å². The number of carboxylic acid groups (broad SMARTS) is 1. The molecule has 0 fully saturated rings. The third-order valence-electron chi connectivity index (χ3n) is 3.27. The zero-order valence-corrected chi connectivity index (χ0v) is 12.6. The van der Waals surface area contributed by atoms with Crippen molar-refractivity contribution in [1.29, 1.82) is 0 Å². The number of carboxylic acids is 1. The van der Waals surface area contributed by atoms with Crippen LogP contribution in [0.4, 0.5) is 0 Å². The summed E-state index contributed by atoms with van der Waals surface area (Å²) in [5.41, 5.74) is 0.656. The Morgan fingerprint density at radius 2 is 1.95 bits per heavy atom. The number of likely N-dealkylation sites (N-methyl/N-ethyl adjacent to an activating group) is 1. The summed E-state index contributed by atoms with van der Waals surface area (Å²) in [7, 11) is 3.07. The number of aliphatic hydroxyl groups excluding tert-OH is 1. The molecule has 2 unspecified atom stereocenters. The topological polar surface area (TPSA) is 88.0 Å². The number of nitrogens with one attached hydrogen (secondary N) is 1. The quantitative estimate of drug-likeness (QED) is 0.641. The van der Waals surface area contributed by atoms with Gasteiger partial charge in [-0.2, -0.15) is 0 Å². The molecule has 0 heterocycles. The Hall–Kier alpha value is -1.79. The smallest absolute Gasteiger partial charge is 0.303 e. The predicted molar refractivity (Wildman–Crippen MR) is 78.8 cm³/mol.